The highest BCUT2D eigenvalue weighted by Crippen LogP contribution is 2.34. The maximum absolute atomic E-state index is 12.0. The van der Waals surface area contributed by atoms with Gasteiger partial charge < -0.3 is 13.6 Å². The van der Waals surface area contributed by atoms with Gasteiger partial charge in [-0.1, -0.05) is 15.9 Å². The molecule has 0 fully saturated rings. The molecule has 0 radical (unpaired) electrons. The van der Waals surface area contributed by atoms with E-state index in [9.17, 15) is 9.59 Å². The van der Waals surface area contributed by atoms with Crippen molar-refractivity contribution in [2.75, 3.05) is 0 Å². The van der Waals surface area contributed by atoms with Gasteiger partial charge in [0.05, 0.1) is 5.56 Å². The number of hydrogen-bond acceptors (Lipinski definition) is 5. The predicted molar refractivity (Wildman–Crippen MR) is 88.7 cm³/mol. The van der Waals surface area contributed by atoms with Crippen molar-refractivity contribution < 1.29 is 18.4 Å². The van der Waals surface area contributed by atoms with Crippen LogP contribution in [0.2, 0.25) is 0 Å². The zero-order valence-electron chi connectivity index (χ0n) is 12.7. The van der Waals surface area contributed by atoms with Crippen LogP contribution in [0.5, 0.6) is 5.75 Å². The summed E-state index contributed by atoms with van der Waals surface area (Å²) in [5, 5.41) is 0.867. The third kappa shape index (κ3) is 2.82. The van der Waals surface area contributed by atoms with Crippen molar-refractivity contribution in [1.82, 2.24) is 0 Å². The van der Waals surface area contributed by atoms with Crippen LogP contribution in [0.15, 0.2) is 42.4 Å². The summed E-state index contributed by atoms with van der Waals surface area (Å²) >= 11 is 3.40. The van der Waals surface area contributed by atoms with Gasteiger partial charge in [-0.2, -0.15) is 0 Å². The summed E-state index contributed by atoms with van der Waals surface area (Å²) in [4.78, 5) is 23.3. The molecule has 23 heavy (non-hydrogen) atoms. The molecule has 3 aromatic rings. The van der Waals surface area contributed by atoms with Crippen LogP contribution in [0.25, 0.3) is 22.5 Å². The zero-order chi connectivity index (χ0) is 16.7. The minimum absolute atomic E-state index is 0.213. The van der Waals surface area contributed by atoms with Gasteiger partial charge in [-0.25, -0.2) is 4.79 Å². The number of hydrogen-bond donors (Lipinski definition) is 0. The first-order valence-electron chi connectivity index (χ1n) is 6.89. The van der Waals surface area contributed by atoms with Crippen LogP contribution in [0, 0.1) is 13.8 Å². The quantitative estimate of drug-likeness (QED) is 0.621. The van der Waals surface area contributed by atoms with Crippen molar-refractivity contribution >= 4 is 32.9 Å². The molecular formula is C17H13BrO5. The van der Waals surface area contributed by atoms with Crippen LogP contribution < -0.4 is 10.4 Å². The lowest BCUT2D eigenvalue weighted by Gasteiger charge is -2.10. The summed E-state index contributed by atoms with van der Waals surface area (Å²) < 4.78 is 17.2. The highest BCUT2D eigenvalue weighted by atomic mass is 79.9. The van der Waals surface area contributed by atoms with Gasteiger partial charge in [0.2, 0.25) is 0 Å². The fraction of sp³-hybridized carbons (Fsp3) is 0.176. The second-order valence-corrected chi connectivity index (χ2v) is 6.10. The fourth-order valence-electron chi connectivity index (χ4n) is 2.38. The Balaban J connectivity index is 2.23. The Bertz CT molecular complexity index is 981. The molecular weight excluding hydrogens is 364 g/mol. The van der Waals surface area contributed by atoms with Gasteiger partial charge in [0.25, 0.3) is 0 Å². The van der Waals surface area contributed by atoms with E-state index >= 15 is 0 Å². The van der Waals surface area contributed by atoms with E-state index in [-0.39, 0.29) is 17.1 Å². The van der Waals surface area contributed by atoms with E-state index in [1.807, 2.05) is 18.2 Å². The molecule has 0 saturated carbocycles. The molecule has 0 atom stereocenters. The topological polar surface area (TPSA) is 69.7 Å². The average Bonchev–Trinajstić information content (AvgIpc) is 2.89. The van der Waals surface area contributed by atoms with Crippen molar-refractivity contribution in [3.63, 3.8) is 0 Å². The van der Waals surface area contributed by atoms with Crippen molar-refractivity contribution in [3.8, 4) is 17.3 Å². The van der Waals surface area contributed by atoms with Gasteiger partial charge in [-0.05, 0) is 38.1 Å². The first-order valence-corrected chi connectivity index (χ1v) is 7.68. The van der Waals surface area contributed by atoms with E-state index in [1.54, 1.807) is 19.9 Å². The lowest BCUT2D eigenvalue weighted by molar-refractivity contribution is -0.132. The largest absolute Gasteiger partial charge is 0.453 e. The van der Waals surface area contributed by atoms with Crippen LogP contribution in [0.4, 0.5) is 0 Å². The van der Waals surface area contributed by atoms with Crippen LogP contribution in [-0.2, 0) is 4.79 Å². The summed E-state index contributed by atoms with van der Waals surface area (Å²) in [7, 11) is 0. The van der Waals surface area contributed by atoms with Gasteiger partial charge in [-0.3, -0.25) is 4.79 Å². The molecule has 3 rings (SSSR count). The molecule has 118 valence electrons. The van der Waals surface area contributed by atoms with E-state index < -0.39 is 11.6 Å². The van der Waals surface area contributed by atoms with E-state index in [1.165, 1.54) is 6.92 Å². The molecule has 5 nitrogen and oxygen atoms in total. The number of furan rings is 1. The number of rotatable bonds is 2. The first kappa shape index (κ1) is 15.6. The Kier molecular flexibility index (Phi) is 3.85. The molecule has 0 aliphatic rings. The molecule has 0 aliphatic heterocycles. The summed E-state index contributed by atoms with van der Waals surface area (Å²) in [5.74, 6) is 0.372. The Morgan fingerprint density at radius 2 is 1.87 bits per heavy atom. The molecule has 0 spiro atoms. The first-order chi connectivity index (χ1) is 10.9. The lowest BCUT2D eigenvalue weighted by atomic mass is 10.1. The van der Waals surface area contributed by atoms with Gasteiger partial charge in [0, 0.05) is 22.3 Å². The SMILES string of the molecule is CC(=O)Oc1c(C)c(-c2cc3cc(Br)ccc3o2)oc(=O)c1C. The Hall–Kier alpha value is -2.34. The fourth-order valence-corrected chi connectivity index (χ4v) is 2.76. The third-order valence-corrected chi connectivity index (χ3v) is 3.96. The smallest absolute Gasteiger partial charge is 0.343 e. The number of benzene rings is 1. The number of halogens is 1. The predicted octanol–water partition coefficient (Wildman–Crippen LogP) is 4.36. The summed E-state index contributed by atoms with van der Waals surface area (Å²) in [6.07, 6.45) is 0. The number of fused-ring (bicyclic) bond motifs is 1. The van der Waals surface area contributed by atoms with Crippen LogP contribution in [0.1, 0.15) is 18.1 Å². The zero-order valence-corrected chi connectivity index (χ0v) is 14.3. The van der Waals surface area contributed by atoms with Crippen molar-refractivity contribution in [3.05, 3.63) is 50.3 Å². The molecule has 2 heterocycles. The number of ether oxygens (including phenoxy) is 1. The Labute approximate surface area is 140 Å². The molecule has 0 unspecified atom stereocenters. The van der Waals surface area contributed by atoms with Crippen molar-refractivity contribution in [2.45, 2.75) is 20.8 Å². The van der Waals surface area contributed by atoms with E-state index in [2.05, 4.69) is 15.9 Å². The lowest BCUT2D eigenvalue weighted by Crippen LogP contribution is -2.12. The minimum atomic E-state index is -0.566. The normalized spacial score (nSPS) is 11.0. The van der Waals surface area contributed by atoms with E-state index in [0.717, 1.165) is 9.86 Å². The minimum Gasteiger partial charge on any atom is -0.453 e. The van der Waals surface area contributed by atoms with Crippen LogP contribution in [-0.4, -0.2) is 5.97 Å². The van der Waals surface area contributed by atoms with E-state index in [4.69, 9.17) is 13.6 Å². The van der Waals surface area contributed by atoms with Crippen molar-refractivity contribution in [2.24, 2.45) is 0 Å². The monoisotopic (exact) mass is 376 g/mol. The molecule has 0 N–H and O–H groups in total. The molecule has 2 aromatic heterocycles. The number of carbonyl (C=O) groups is 1. The second kappa shape index (κ2) is 5.70. The maximum atomic E-state index is 12.0. The molecule has 0 saturated heterocycles. The van der Waals surface area contributed by atoms with Gasteiger partial charge in [0.1, 0.15) is 11.3 Å². The molecule has 1 aromatic carbocycles. The number of carbonyl (C=O) groups excluding carboxylic acids is 1. The van der Waals surface area contributed by atoms with Crippen LogP contribution >= 0.6 is 15.9 Å². The molecule has 0 bridgehead atoms. The standard InChI is InChI=1S/C17H13BrO5/c1-8-15(21-10(3)19)9(2)17(20)23-16(8)14-7-11-6-12(18)4-5-13(11)22-14/h4-7H,1-3H3. The highest BCUT2D eigenvalue weighted by Gasteiger charge is 2.20. The summed E-state index contributed by atoms with van der Waals surface area (Å²) in [6.45, 7) is 4.55. The van der Waals surface area contributed by atoms with Gasteiger partial charge in [-0.15, -0.1) is 0 Å². The second-order valence-electron chi connectivity index (χ2n) is 5.18. The summed E-state index contributed by atoms with van der Waals surface area (Å²) in [5.41, 5.74) is 0.888. The Morgan fingerprint density at radius 3 is 2.57 bits per heavy atom. The average molecular weight is 377 g/mol. The Morgan fingerprint density at radius 1 is 1.13 bits per heavy atom. The summed E-state index contributed by atoms with van der Waals surface area (Å²) in [6, 6.07) is 7.35. The van der Waals surface area contributed by atoms with Gasteiger partial charge >= 0.3 is 11.6 Å². The number of esters is 1. The van der Waals surface area contributed by atoms with Gasteiger partial charge in [0.15, 0.2) is 11.5 Å². The highest BCUT2D eigenvalue weighted by molar-refractivity contribution is 9.10. The molecule has 6 heteroatoms. The molecule has 0 aliphatic carbocycles. The van der Waals surface area contributed by atoms with E-state index in [0.29, 0.717) is 16.9 Å². The maximum Gasteiger partial charge on any atom is 0.343 e. The molecule has 0 amide bonds. The van der Waals surface area contributed by atoms with Crippen molar-refractivity contribution in [1.29, 1.82) is 0 Å². The van der Waals surface area contributed by atoms with Crippen LogP contribution in [0.3, 0.4) is 0 Å². The third-order valence-electron chi connectivity index (χ3n) is 3.47.